The number of piperidine rings is 1. The number of carboxylic acids is 1. The van der Waals surface area contributed by atoms with Gasteiger partial charge in [0.15, 0.2) is 0 Å². The molecule has 3 heterocycles. The number of likely N-dealkylation sites (tertiary alicyclic amines) is 1. The molecule has 1 aliphatic carbocycles. The second-order valence-electron chi connectivity index (χ2n) is 9.82. The van der Waals surface area contributed by atoms with Crippen molar-refractivity contribution in [3.63, 3.8) is 0 Å². The molecule has 0 spiro atoms. The number of carboxylic acid groups (broad SMARTS) is 1. The first-order valence-corrected chi connectivity index (χ1v) is 13.1. The van der Waals surface area contributed by atoms with Crippen LogP contribution in [0.1, 0.15) is 54.6 Å². The third-order valence-electron chi connectivity index (χ3n) is 7.89. The van der Waals surface area contributed by atoms with Crippen molar-refractivity contribution in [3.8, 4) is 5.75 Å². The summed E-state index contributed by atoms with van der Waals surface area (Å²) in [5.41, 5.74) is 0.784. The van der Waals surface area contributed by atoms with Crippen molar-refractivity contribution in [2.75, 3.05) is 20.2 Å². The lowest BCUT2D eigenvalue weighted by Gasteiger charge is -2.47. The van der Waals surface area contributed by atoms with Crippen molar-refractivity contribution < 1.29 is 24.1 Å². The minimum Gasteiger partial charge on any atom is -0.497 e. The first-order chi connectivity index (χ1) is 16.9. The molecule has 0 bridgehead atoms. The molecule has 2 N–H and O–H groups in total. The zero-order valence-electron chi connectivity index (χ0n) is 19.8. The number of pyridine rings is 1. The number of thiophene rings is 1. The van der Waals surface area contributed by atoms with E-state index in [4.69, 9.17) is 4.74 Å². The molecular weight excluding hydrogens is 467 g/mol. The van der Waals surface area contributed by atoms with Gasteiger partial charge in [-0.2, -0.15) is 0 Å². The Labute approximate surface area is 208 Å². The van der Waals surface area contributed by atoms with E-state index in [1.165, 1.54) is 12.0 Å². The fraction of sp³-hybridized carbons (Fsp3) is 0.481. The van der Waals surface area contributed by atoms with E-state index in [2.05, 4.69) is 27.4 Å². The van der Waals surface area contributed by atoms with E-state index >= 15 is 0 Å². The van der Waals surface area contributed by atoms with E-state index in [-0.39, 0.29) is 11.5 Å². The lowest BCUT2D eigenvalue weighted by molar-refractivity contribution is -0.147. The number of ether oxygens (including phenoxy) is 1. The minimum absolute atomic E-state index is 0.0442. The molecule has 8 heteroatoms. The third kappa shape index (κ3) is 4.92. The van der Waals surface area contributed by atoms with E-state index in [0.29, 0.717) is 48.0 Å². The van der Waals surface area contributed by atoms with E-state index in [0.717, 1.165) is 32.0 Å². The van der Waals surface area contributed by atoms with Crippen molar-refractivity contribution in [3.05, 3.63) is 58.2 Å². The summed E-state index contributed by atoms with van der Waals surface area (Å²) in [5.74, 6) is -0.705. The average Bonchev–Trinajstić information content (AvgIpc) is 3.35. The normalized spacial score (nSPS) is 25.8. The quantitative estimate of drug-likeness (QED) is 0.443. The fourth-order valence-electron chi connectivity index (χ4n) is 5.77. The first-order valence-electron chi connectivity index (χ1n) is 12.2. The van der Waals surface area contributed by atoms with E-state index < -0.39 is 23.8 Å². The molecule has 0 amide bonds. The van der Waals surface area contributed by atoms with Crippen molar-refractivity contribution in [1.29, 1.82) is 0 Å². The average molecular weight is 499 g/mol. The topological polar surface area (TPSA) is 82.9 Å². The number of hydrogen-bond donors (Lipinski definition) is 2. The highest BCUT2D eigenvalue weighted by Crippen LogP contribution is 2.44. The Morgan fingerprint density at radius 2 is 2.17 bits per heavy atom. The van der Waals surface area contributed by atoms with Crippen LogP contribution in [-0.4, -0.2) is 52.3 Å². The number of aliphatic hydroxyl groups is 1. The maximum atomic E-state index is 14.7. The molecule has 186 valence electrons. The second-order valence-corrected chi connectivity index (χ2v) is 10.8. The number of benzene rings is 1. The second kappa shape index (κ2) is 10.2. The van der Waals surface area contributed by atoms with Crippen LogP contribution in [0.15, 0.2) is 41.9 Å². The van der Waals surface area contributed by atoms with Gasteiger partial charge in [-0.25, -0.2) is 4.39 Å². The smallest absolute Gasteiger partial charge is 0.308 e. The number of carbonyl (C=O) groups is 1. The van der Waals surface area contributed by atoms with Crippen LogP contribution < -0.4 is 4.74 Å². The highest BCUT2D eigenvalue weighted by molar-refractivity contribution is 7.10. The molecule has 1 saturated carbocycles. The van der Waals surface area contributed by atoms with E-state index in [1.807, 2.05) is 0 Å². The van der Waals surface area contributed by atoms with Gasteiger partial charge < -0.3 is 14.9 Å². The summed E-state index contributed by atoms with van der Waals surface area (Å²) in [5, 5.41) is 23.5. The molecule has 2 aliphatic rings. The van der Waals surface area contributed by atoms with Crippen LogP contribution in [0.5, 0.6) is 5.75 Å². The number of methoxy groups -OCH3 is 1. The van der Waals surface area contributed by atoms with Gasteiger partial charge in [-0.05, 0) is 80.1 Å². The van der Waals surface area contributed by atoms with Crippen LogP contribution >= 0.6 is 11.3 Å². The number of rotatable bonds is 8. The van der Waals surface area contributed by atoms with Gasteiger partial charge in [0.2, 0.25) is 0 Å². The van der Waals surface area contributed by atoms with Crippen LogP contribution in [0.2, 0.25) is 0 Å². The summed E-state index contributed by atoms with van der Waals surface area (Å²) in [6.45, 7) is 1.41. The standard InChI is InChI=1S/C27H31FN2O4S/c1-34-19-5-6-23-20(13-19)26(22(28)14-29-23)24(31)7-4-16-8-9-30(15-21(16)27(32)33)18-11-17(12-18)25-3-2-10-35-25/h2-3,5-6,10,13-14,16-18,21,24,31H,4,7-9,11-12,15H2,1H3,(H,32,33)/t16-,17?,18?,21+,24+/m1/s1. The molecular formula is C27H31FN2O4S. The predicted molar refractivity (Wildman–Crippen MR) is 133 cm³/mol. The number of aromatic nitrogens is 1. The highest BCUT2D eigenvalue weighted by Gasteiger charge is 2.41. The third-order valence-corrected chi connectivity index (χ3v) is 8.93. The fourth-order valence-corrected chi connectivity index (χ4v) is 6.63. The SMILES string of the molecule is COc1ccc2ncc(F)c([C@@H](O)CC[C@@H]3CCN(C4CC(c5cccs5)C4)C[C@@H]3C(=O)O)c2c1. The Morgan fingerprint density at radius 3 is 2.89 bits per heavy atom. The molecule has 1 saturated heterocycles. The molecule has 35 heavy (non-hydrogen) atoms. The lowest BCUT2D eigenvalue weighted by atomic mass is 9.75. The first kappa shape index (κ1) is 24.2. The van der Waals surface area contributed by atoms with Crippen LogP contribution in [0, 0.1) is 17.7 Å². The van der Waals surface area contributed by atoms with Crippen LogP contribution in [0.25, 0.3) is 10.9 Å². The summed E-state index contributed by atoms with van der Waals surface area (Å²) in [6, 6.07) is 9.90. The molecule has 3 aromatic rings. The molecule has 5 rings (SSSR count). The Bertz CT molecular complexity index is 1180. The molecule has 2 aromatic heterocycles. The van der Waals surface area contributed by atoms with Crippen molar-refractivity contribution in [1.82, 2.24) is 9.88 Å². The monoisotopic (exact) mass is 498 g/mol. The minimum atomic E-state index is -1.04. The van der Waals surface area contributed by atoms with Crippen molar-refractivity contribution in [2.24, 2.45) is 11.8 Å². The van der Waals surface area contributed by atoms with Crippen LogP contribution in [0.4, 0.5) is 4.39 Å². The molecule has 1 aliphatic heterocycles. The zero-order valence-corrected chi connectivity index (χ0v) is 20.6. The van der Waals surface area contributed by atoms with E-state index in [1.54, 1.807) is 29.5 Å². The summed E-state index contributed by atoms with van der Waals surface area (Å²) in [4.78, 5) is 20.0. The molecule has 0 radical (unpaired) electrons. The Balaban J connectivity index is 1.23. The van der Waals surface area contributed by atoms with Crippen LogP contribution in [0.3, 0.4) is 0 Å². The lowest BCUT2D eigenvalue weighted by Crippen LogP contribution is -2.52. The number of nitrogens with zero attached hydrogens (tertiary/aromatic N) is 2. The van der Waals surface area contributed by atoms with Gasteiger partial charge in [-0.3, -0.25) is 14.7 Å². The molecule has 0 unspecified atom stereocenters. The maximum Gasteiger partial charge on any atom is 0.308 e. The van der Waals surface area contributed by atoms with E-state index in [9.17, 15) is 19.4 Å². The van der Waals surface area contributed by atoms with Crippen LogP contribution in [-0.2, 0) is 4.79 Å². The Kier molecular flexibility index (Phi) is 7.05. The summed E-state index contributed by atoms with van der Waals surface area (Å²) in [6.07, 6.45) is 3.87. The van der Waals surface area contributed by atoms with Gasteiger partial charge in [0.1, 0.15) is 11.6 Å². The number of fused-ring (bicyclic) bond motifs is 1. The van der Waals surface area contributed by atoms with Gasteiger partial charge >= 0.3 is 5.97 Å². The molecule has 3 atom stereocenters. The highest BCUT2D eigenvalue weighted by atomic mass is 32.1. The largest absolute Gasteiger partial charge is 0.497 e. The summed E-state index contributed by atoms with van der Waals surface area (Å²) >= 11 is 1.80. The zero-order chi connectivity index (χ0) is 24.5. The molecule has 6 nitrogen and oxygen atoms in total. The van der Waals surface area contributed by atoms with Gasteiger partial charge in [0.25, 0.3) is 0 Å². The number of aliphatic hydroxyl groups excluding tert-OH is 1. The molecule has 1 aromatic carbocycles. The number of hydrogen-bond acceptors (Lipinski definition) is 6. The summed E-state index contributed by atoms with van der Waals surface area (Å²) < 4.78 is 20.0. The van der Waals surface area contributed by atoms with Gasteiger partial charge in [0, 0.05) is 28.4 Å². The maximum absolute atomic E-state index is 14.7. The summed E-state index contributed by atoms with van der Waals surface area (Å²) in [7, 11) is 1.54. The Morgan fingerprint density at radius 1 is 1.34 bits per heavy atom. The number of aliphatic carboxylic acids is 1. The van der Waals surface area contributed by atoms with Gasteiger partial charge in [-0.15, -0.1) is 11.3 Å². The Hall–Kier alpha value is -2.55. The predicted octanol–water partition coefficient (Wildman–Crippen LogP) is 5.23. The van der Waals surface area contributed by atoms with Crippen molar-refractivity contribution >= 4 is 28.2 Å². The van der Waals surface area contributed by atoms with Crippen molar-refractivity contribution in [2.45, 2.75) is 50.2 Å². The number of halogens is 1. The van der Waals surface area contributed by atoms with Gasteiger partial charge in [0.05, 0.1) is 30.8 Å². The van der Waals surface area contributed by atoms with Gasteiger partial charge in [-0.1, -0.05) is 6.07 Å². The molecule has 2 fully saturated rings.